The lowest BCUT2D eigenvalue weighted by Crippen LogP contribution is -2.46. The Labute approximate surface area is 160 Å². The Morgan fingerprint density at radius 2 is 1.93 bits per heavy atom. The van der Waals surface area contributed by atoms with E-state index < -0.39 is 10.0 Å². The maximum atomic E-state index is 12.9. The number of fused-ring (bicyclic) bond motifs is 1. The highest BCUT2D eigenvalue weighted by molar-refractivity contribution is 7.88. The lowest BCUT2D eigenvalue weighted by atomic mass is 9.96. The standard InChI is InChI=1S/C19H26N2O5S/c1-27(23,24)21-8-2-3-15(12-21)19(22)20-18(13-4-5-13)14-6-7-16-17(11-14)26-10-9-25-16/h6-7,11,13,15,18H,2-5,8-10,12H2,1H3,(H,20,22). The lowest BCUT2D eigenvalue weighted by Gasteiger charge is -2.31. The molecule has 27 heavy (non-hydrogen) atoms. The molecule has 1 aliphatic carbocycles. The second-order valence-electron chi connectivity index (χ2n) is 7.69. The van der Waals surface area contributed by atoms with Gasteiger partial charge < -0.3 is 14.8 Å². The van der Waals surface area contributed by atoms with E-state index >= 15 is 0 Å². The third-order valence-electron chi connectivity index (χ3n) is 5.54. The van der Waals surface area contributed by atoms with Crippen LogP contribution in [0.4, 0.5) is 0 Å². The molecule has 0 radical (unpaired) electrons. The van der Waals surface area contributed by atoms with Gasteiger partial charge in [-0.1, -0.05) is 6.07 Å². The van der Waals surface area contributed by atoms with E-state index in [9.17, 15) is 13.2 Å². The summed E-state index contributed by atoms with van der Waals surface area (Å²) in [5.74, 6) is 1.52. The molecule has 1 aromatic carbocycles. The fraction of sp³-hybridized carbons (Fsp3) is 0.632. The van der Waals surface area contributed by atoms with Crippen molar-refractivity contribution in [1.82, 2.24) is 9.62 Å². The Morgan fingerprint density at radius 3 is 2.63 bits per heavy atom. The maximum Gasteiger partial charge on any atom is 0.224 e. The van der Waals surface area contributed by atoms with Crippen molar-refractivity contribution in [3.63, 3.8) is 0 Å². The first kappa shape index (κ1) is 18.6. The van der Waals surface area contributed by atoms with Gasteiger partial charge in [-0.2, -0.15) is 0 Å². The largest absolute Gasteiger partial charge is 0.486 e. The van der Waals surface area contributed by atoms with Gasteiger partial charge in [0.15, 0.2) is 11.5 Å². The van der Waals surface area contributed by atoms with Crippen LogP contribution < -0.4 is 14.8 Å². The van der Waals surface area contributed by atoms with Gasteiger partial charge in [0, 0.05) is 13.1 Å². The van der Waals surface area contributed by atoms with E-state index in [0.717, 1.165) is 36.3 Å². The van der Waals surface area contributed by atoms with Gasteiger partial charge in [0.05, 0.1) is 18.2 Å². The molecule has 1 aromatic rings. The van der Waals surface area contributed by atoms with Crippen molar-refractivity contribution in [2.75, 3.05) is 32.6 Å². The summed E-state index contributed by atoms with van der Waals surface area (Å²) in [6, 6.07) is 5.78. The van der Waals surface area contributed by atoms with Crippen molar-refractivity contribution >= 4 is 15.9 Å². The molecule has 0 spiro atoms. The number of carbonyl (C=O) groups is 1. The van der Waals surface area contributed by atoms with E-state index in [4.69, 9.17) is 9.47 Å². The minimum Gasteiger partial charge on any atom is -0.486 e. The van der Waals surface area contributed by atoms with Gasteiger partial charge in [0.1, 0.15) is 13.2 Å². The van der Waals surface area contributed by atoms with E-state index in [1.54, 1.807) is 0 Å². The van der Waals surface area contributed by atoms with Crippen molar-refractivity contribution < 1.29 is 22.7 Å². The number of amides is 1. The number of hydrogen-bond acceptors (Lipinski definition) is 5. The summed E-state index contributed by atoms with van der Waals surface area (Å²) in [6.45, 7) is 1.84. The monoisotopic (exact) mass is 394 g/mol. The maximum absolute atomic E-state index is 12.9. The molecule has 2 fully saturated rings. The van der Waals surface area contributed by atoms with Gasteiger partial charge in [0.2, 0.25) is 15.9 Å². The first-order valence-electron chi connectivity index (χ1n) is 9.57. The Morgan fingerprint density at radius 1 is 1.19 bits per heavy atom. The number of hydrogen-bond donors (Lipinski definition) is 1. The van der Waals surface area contributed by atoms with Crippen molar-refractivity contribution in [3.8, 4) is 11.5 Å². The van der Waals surface area contributed by atoms with Crippen LogP contribution in [0, 0.1) is 11.8 Å². The number of sulfonamides is 1. The molecule has 4 rings (SSSR count). The molecule has 8 heteroatoms. The number of carbonyl (C=O) groups excluding carboxylic acids is 1. The molecule has 2 heterocycles. The average Bonchev–Trinajstić information content (AvgIpc) is 3.50. The molecule has 1 saturated heterocycles. The summed E-state index contributed by atoms with van der Waals surface area (Å²) >= 11 is 0. The number of rotatable bonds is 5. The van der Waals surface area contributed by atoms with Gasteiger partial charge in [-0.05, 0) is 49.3 Å². The highest BCUT2D eigenvalue weighted by atomic mass is 32.2. The minimum atomic E-state index is -3.26. The predicted molar refractivity (Wildman–Crippen MR) is 100 cm³/mol. The van der Waals surface area contributed by atoms with Crippen molar-refractivity contribution in [2.24, 2.45) is 11.8 Å². The SMILES string of the molecule is CS(=O)(=O)N1CCCC(C(=O)NC(c2ccc3c(c2)OCCO3)C2CC2)C1. The molecule has 0 bridgehead atoms. The van der Waals surface area contributed by atoms with Crippen LogP contribution in [0.5, 0.6) is 11.5 Å². The highest BCUT2D eigenvalue weighted by Crippen LogP contribution is 2.43. The number of piperidine rings is 1. The molecule has 0 aromatic heterocycles. The van der Waals surface area contributed by atoms with Crippen molar-refractivity contribution in [1.29, 1.82) is 0 Å². The highest BCUT2D eigenvalue weighted by Gasteiger charge is 2.37. The van der Waals surface area contributed by atoms with E-state index in [1.165, 1.54) is 10.6 Å². The molecule has 1 N–H and O–H groups in total. The Bertz CT molecular complexity index is 821. The summed E-state index contributed by atoms with van der Waals surface area (Å²) in [7, 11) is -3.26. The van der Waals surface area contributed by atoms with Crippen molar-refractivity contribution in [3.05, 3.63) is 23.8 Å². The molecule has 1 saturated carbocycles. The molecule has 2 aliphatic heterocycles. The molecular formula is C19H26N2O5S. The molecule has 2 unspecified atom stereocenters. The zero-order chi connectivity index (χ0) is 19.0. The summed E-state index contributed by atoms with van der Waals surface area (Å²) in [4.78, 5) is 12.9. The third-order valence-corrected chi connectivity index (χ3v) is 6.81. The first-order chi connectivity index (χ1) is 12.9. The quantitative estimate of drug-likeness (QED) is 0.822. The number of benzene rings is 1. The number of ether oxygens (including phenoxy) is 2. The zero-order valence-corrected chi connectivity index (χ0v) is 16.3. The zero-order valence-electron chi connectivity index (χ0n) is 15.5. The van der Waals surface area contributed by atoms with Crippen LogP contribution in [-0.2, 0) is 14.8 Å². The fourth-order valence-electron chi connectivity index (χ4n) is 3.89. The van der Waals surface area contributed by atoms with Crippen LogP contribution in [0.3, 0.4) is 0 Å². The predicted octanol–water partition coefficient (Wildman–Crippen LogP) is 1.70. The summed E-state index contributed by atoms with van der Waals surface area (Å²) in [5, 5.41) is 3.19. The van der Waals surface area contributed by atoms with Crippen LogP contribution in [0.2, 0.25) is 0 Å². The fourth-order valence-corrected chi connectivity index (χ4v) is 4.80. The topological polar surface area (TPSA) is 84.9 Å². The summed E-state index contributed by atoms with van der Waals surface area (Å²) in [5.41, 5.74) is 1.02. The third kappa shape index (κ3) is 4.21. The van der Waals surface area contributed by atoms with Gasteiger partial charge in [-0.25, -0.2) is 12.7 Å². The smallest absolute Gasteiger partial charge is 0.224 e. The molecule has 7 nitrogen and oxygen atoms in total. The number of nitrogens with one attached hydrogen (secondary N) is 1. The minimum absolute atomic E-state index is 0.0601. The van der Waals surface area contributed by atoms with E-state index in [-0.39, 0.29) is 24.4 Å². The molecular weight excluding hydrogens is 368 g/mol. The Kier molecular flexibility index (Phi) is 5.03. The Hall–Kier alpha value is -1.80. The first-order valence-corrected chi connectivity index (χ1v) is 11.4. The molecule has 1 amide bonds. The average molecular weight is 394 g/mol. The number of nitrogens with zero attached hydrogens (tertiary/aromatic N) is 1. The van der Waals surface area contributed by atoms with E-state index in [1.807, 2.05) is 18.2 Å². The van der Waals surface area contributed by atoms with Crippen LogP contribution in [0.1, 0.15) is 37.3 Å². The second kappa shape index (κ2) is 7.31. The van der Waals surface area contributed by atoms with E-state index in [2.05, 4.69) is 5.32 Å². The van der Waals surface area contributed by atoms with Gasteiger partial charge in [-0.15, -0.1) is 0 Å². The van der Waals surface area contributed by atoms with Crippen LogP contribution in [0.15, 0.2) is 18.2 Å². The molecule has 2 atom stereocenters. The molecule has 148 valence electrons. The summed E-state index contributed by atoms with van der Waals surface area (Å²) < 4.78 is 36.3. The van der Waals surface area contributed by atoms with Crippen LogP contribution in [0.25, 0.3) is 0 Å². The van der Waals surface area contributed by atoms with Gasteiger partial charge in [0.25, 0.3) is 0 Å². The van der Waals surface area contributed by atoms with Crippen molar-refractivity contribution in [2.45, 2.75) is 31.7 Å². The van der Waals surface area contributed by atoms with Crippen LogP contribution >= 0.6 is 0 Å². The van der Waals surface area contributed by atoms with Gasteiger partial charge >= 0.3 is 0 Å². The second-order valence-corrected chi connectivity index (χ2v) is 9.67. The Balaban J connectivity index is 1.48. The van der Waals surface area contributed by atoms with Crippen LogP contribution in [-0.4, -0.2) is 51.2 Å². The summed E-state index contributed by atoms with van der Waals surface area (Å²) in [6.07, 6.45) is 4.80. The lowest BCUT2D eigenvalue weighted by molar-refractivity contribution is -0.127. The normalized spacial score (nSPS) is 24.3. The molecule has 3 aliphatic rings. The van der Waals surface area contributed by atoms with E-state index in [0.29, 0.717) is 32.1 Å². The van der Waals surface area contributed by atoms with Gasteiger partial charge in [-0.3, -0.25) is 4.79 Å².